The van der Waals surface area contributed by atoms with Gasteiger partial charge in [-0.05, 0) is 31.5 Å². The highest BCUT2D eigenvalue weighted by atomic mass is 28.4. The number of ketones is 2. The van der Waals surface area contributed by atoms with Crippen LogP contribution >= 0.6 is 0 Å². The van der Waals surface area contributed by atoms with Crippen molar-refractivity contribution in [2.24, 2.45) is 11.8 Å². The third kappa shape index (κ3) is 3.75. The Bertz CT molecular complexity index is 368. The quantitative estimate of drug-likeness (QED) is 0.744. The van der Waals surface area contributed by atoms with Gasteiger partial charge in [0.1, 0.15) is 11.6 Å². The van der Waals surface area contributed by atoms with Crippen molar-refractivity contribution in [1.82, 2.24) is 0 Å². The van der Waals surface area contributed by atoms with Crippen molar-refractivity contribution in [3.63, 3.8) is 0 Å². The molecule has 1 aliphatic rings. The fourth-order valence-corrected chi connectivity index (χ4v) is 3.63. The average Bonchev–Trinajstić information content (AvgIpc) is 2.22. The van der Waals surface area contributed by atoms with Gasteiger partial charge in [-0.3, -0.25) is 9.59 Å². The Labute approximate surface area is 118 Å². The minimum absolute atomic E-state index is 0.0790. The summed E-state index contributed by atoms with van der Waals surface area (Å²) in [4.78, 5) is 23.6. The predicted molar refractivity (Wildman–Crippen MR) is 79.6 cm³/mol. The fraction of sp³-hybridized carbons (Fsp3) is 0.867. The van der Waals surface area contributed by atoms with E-state index in [2.05, 4.69) is 33.9 Å². The van der Waals surface area contributed by atoms with E-state index in [9.17, 15) is 9.59 Å². The second-order valence-electron chi connectivity index (χ2n) is 7.42. The lowest BCUT2D eigenvalue weighted by molar-refractivity contribution is -0.136. The van der Waals surface area contributed by atoms with Crippen molar-refractivity contribution < 1.29 is 14.0 Å². The Morgan fingerprint density at radius 3 is 2.26 bits per heavy atom. The molecule has 0 heterocycles. The highest BCUT2D eigenvalue weighted by molar-refractivity contribution is 6.74. The molecule has 3 nitrogen and oxygen atoms in total. The number of hydrogen-bond donors (Lipinski definition) is 0. The lowest BCUT2D eigenvalue weighted by atomic mass is 9.78. The van der Waals surface area contributed by atoms with E-state index in [1.54, 1.807) is 6.92 Å². The second kappa shape index (κ2) is 5.48. The van der Waals surface area contributed by atoms with E-state index in [1.165, 1.54) is 0 Å². The smallest absolute Gasteiger partial charge is 0.192 e. The molecule has 1 fully saturated rings. The maximum absolute atomic E-state index is 12.0. The van der Waals surface area contributed by atoms with Gasteiger partial charge in [0.2, 0.25) is 0 Å². The molecule has 1 aliphatic carbocycles. The first-order valence-electron chi connectivity index (χ1n) is 7.16. The lowest BCUT2D eigenvalue weighted by Crippen LogP contribution is -2.49. The standard InChI is InChI=1S/C15H28O3Si/c1-10-13(17)8-12(11(2)16)9-14(10)18-19(6,7)15(3,4)5/h10,12,14H,8-9H2,1-7H3/t10-,12-,14+/m0/s1. The number of hydrogen-bond acceptors (Lipinski definition) is 3. The maximum atomic E-state index is 12.0. The summed E-state index contributed by atoms with van der Waals surface area (Å²) >= 11 is 0. The molecule has 0 aromatic rings. The topological polar surface area (TPSA) is 43.4 Å². The van der Waals surface area contributed by atoms with Gasteiger partial charge in [0, 0.05) is 18.3 Å². The molecule has 1 rings (SSSR count). The molecule has 0 aromatic carbocycles. The molecule has 1 saturated carbocycles. The summed E-state index contributed by atoms with van der Waals surface area (Å²) in [6, 6.07) is 0. The Kier molecular flexibility index (Phi) is 4.78. The van der Waals surface area contributed by atoms with Gasteiger partial charge < -0.3 is 4.43 Å². The van der Waals surface area contributed by atoms with E-state index in [1.807, 2.05) is 6.92 Å². The average molecular weight is 284 g/mol. The minimum Gasteiger partial charge on any atom is -0.413 e. The molecule has 0 radical (unpaired) electrons. The van der Waals surface area contributed by atoms with Crippen LogP contribution in [0.5, 0.6) is 0 Å². The highest BCUT2D eigenvalue weighted by Gasteiger charge is 2.44. The summed E-state index contributed by atoms with van der Waals surface area (Å²) in [6.45, 7) is 14.5. The van der Waals surface area contributed by atoms with Crippen molar-refractivity contribution in [1.29, 1.82) is 0 Å². The number of rotatable bonds is 3. The summed E-state index contributed by atoms with van der Waals surface area (Å²) in [5.74, 6) is 0.0717. The monoisotopic (exact) mass is 284 g/mol. The van der Waals surface area contributed by atoms with Crippen LogP contribution in [-0.2, 0) is 14.0 Å². The predicted octanol–water partition coefficient (Wildman–Crippen LogP) is 3.58. The van der Waals surface area contributed by atoms with E-state index in [4.69, 9.17) is 4.43 Å². The van der Waals surface area contributed by atoms with Gasteiger partial charge in [-0.2, -0.15) is 0 Å². The summed E-state index contributed by atoms with van der Waals surface area (Å²) in [6.07, 6.45) is 1.01. The zero-order valence-corrected chi connectivity index (χ0v) is 14.4. The van der Waals surface area contributed by atoms with Crippen molar-refractivity contribution in [3.8, 4) is 0 Å². The first-order valence-corrected chi connectivity index (χ1v) is 10.1. The van der Waals surface area contributed by atoms with Crippen molar-refractivity contribution >= 4 is 19.9 Å². The van der Waals surface area contributed by atoms with Crippen LogP contribution in [0.1, 0.15) is 47.5 Å². The number of Topliss-reactive ketones (excluding diaryl/α,β-unsaturated/α-hetero) is 2. The minimum atomic E-state index is -1.89. The SMILES string of the molecule is CC(=O)[C@H]1CC(=O)[C@H](C)[C@H](O[Si](C)(C)C(C)(C)C)C1. The van der Waals surface area contributed by atoms with Crippen LogP contribution in [0.25, 0.3) is 0 Å². The zero-order valence-electron chi connectivity index (χ0n) is 13.4. The Balaban J connectivity index is 2.86. The van der Waals surface area contributed by atoms with E-state index < -0.39 is 8.32 Å². The van der Waals surface area contributed by atoms with Crippen LogP contribution < -0.4 is 0 Å². The molecular formula is C15H28O3Si. The molecule has 4 heteroatoms. The Morgan fingerprint density at radius 2 is 1.84 bits per heavy atom. The third-order valence-corrected chi connectivity index (χ3v) is 9.36. The summed E-state index contributed by atoms with van der Waals surface area (Å²) in [5, 5.41) is 0.124. The van der Waals surface area contributed by atoms with Gasteiger partial charge in [-0.25, -0.2) is 0 Å². The van der Waals surface area contributed by atoms with Gasteiger partial charge in [0.05, 0.1) is 6.10 Å². The molecule has 0 spiro atoms. The molecule has 110 valence electrons. The molecule has 3 atom stereocenters. The van der Waals surface area contributed by atoms with Crippen molar-refractivity contribution in [2.75, 3.05) is 0 Å². The molecule has 0 amide bonds. The largest absolute Gasteiger partial charge is 0.413 e. The van der Waals surface area contributed by atoms with E-state index in [0.717, 1.165) is 0 Å². The van der Waals surface area contributed by atoms with Crippen LogP contribution in [0.3, 0.4) is 0 Å². The lowest BCUT2D eigenvalue weighted by Gasteiger charge is -2.43. The van der Waals surface area contributed by atoms with Crippen LogP contribution in [-0.4, -0.2) is 26.0 Å². The molecule has 0 saturated heterocycles. The first kappa shape index (κ1) is 16.6. The van der Waals surface area contributed by atoms with Gasteiger partial charge in [-0.1, -0.05) is 27.7 Å². The normalized spacial score (nSPS) is 29.4. The van der Waals surface area contributed by atoms with Gasteiger partial charge in [-0.15, -0.1) is 0 Å². The number of carbonyl (C=O) groups is 2. The van der Waals surface area contributed by atoms with Gasteiger partial charge in [0.25, 0.3) is 0 Å². The third-order valence-electron chi connectivity index (χ3n) is 4.86. The summed E-state index contributed by atoms with van der Waals surface area (Å²) < 4.78 is 6.37. The first-order chi connectivity index (χ1) is 8.45. The maximum Gasteiger partial charge on any atom is 0.192 e. The fourth-order valence-electron chi connectivity index (χ4n) is 2.22. The van der Waals surface area contributed by atoms with Crippen LogP contribution in [0, 0.1) is 11.8 Å². The Hall–Kier alpha value is -0.483. The number of carbonyl (C=O) groups excluding carboxylic acids is 2. The molecule has 0 aliphatic heterocycles. The second-order valence-corrected chi connectivity index (χ2v) is 12.2. The molecule has 0 bridgehead atoms. The van der Waals surface area contributed by atoms with Crippen LogP contribution in [0.2, 0.25) is 18.1 Å². The summed E-state index contributed by atoms with van der Waals surface area (Å²) in [7, 11) is -1.89. The van der Waals surface area contributed by atoms with Gasteiger partial charge >= 0.3 is 0 Å². The molecular weight excluding hydrogens is 256 g/mol. The van der Waals surface area contributed by atoms with E-state index in [-0.39, 0.29) is 34.5 Å². The van der Waals surface area contributed by atoms with Gasteiger partial charge in [0.15, 0.2) is 8.32 Å². The van der Waals surface area contributed by atoms with Crippen LogP contribution in [0.15, 0.2) is 0 Å². The van der Waals surface area contributed by atoms with E-state index in [0.29, 0.717) is 12.8 Å². The highest BCUT2D eigenvalue weighted by Crippen LogP contribution is 2.40. The molecule has 0 N–H and O–H groups in total. The summed E-state index contributed by atoms with van der Waals surface area (Å²) in [5.41, 5.74) is 0. The molecule has 0 aromatic heterocycles. The molecule has 19 heavy (non-hydrogen) atoms. The van der Waals surface area contributed by atoms with Crippen LogP contribution in [0.4, 0.5) is 0 Å². The Morgan fingerprint density at radius 1 is 1.32 bits per heavy atom. The molecule has 0 unspecified atom stereocenters. The van der Waals surface area contributed by atoms with E-state index >= 15 is 0 Å². The van der Waals surface area contributed by atoms with Crippen molar-refractivity contribution in [3.05, 3.63) is 0 Å². The van der Waals surface area contributed by atoms with Crippen molar-refractivity contribution in [2.45, 2.75) is 71.7 Å². The zero-order chi connectivity index (χ0) is 15.0.